The van der Waals surface area contributed by atoms with E-state index in [1.807, 2.05) is 0 Å². The van der Waals surface area contributed by atoms with Crippen LogP contribution in [-0.2, 0) is 17.7 Å². The Hall–Kier alpha value is -1.05. The summed E-state index contributed by atoms with van der Waals surface area (Å²) in [5.74, 6) is 19.3. The third-order valence-electron chi connectivity index (χ3n) is 12.6. The molecule has 0 saturated carbocycles. The molecule has 0 fully saturated rings. The van der Waals surface area contributed by atoms with E-state index < -0.39 is 33.3 Å². The standard InChI is InChI=1S/C42H78O4Si4/c1-15-33-41(37-43-47(17-3,18-4)19-5,38-44-48(20-6,21-7)22-8)35-31-29-30-32-36-42(34-16-2,39-45-49(23-9,24-10)25-11)40-46-50(26-12,27-13)28-14/h1-2H,17-28,33-40H2,3-14H3. The molecule has 0 saturated heterocycles. The summed E-state index contributed by atoms with van der Waals surface area (Å²) in [6.45, 7) is 29.7. The molecule has 0 unspecified atom stereocenters. The molecule has 0 bridgehead atoms. The quantitative estimate of drug-likeness (QED) is 0.0588. The van der Waals surface area contributed by atoms with E-state index in [-0.39, 0.29) is 10.8 Å². The van der Waals surface area contributed by atoms with Crippen LogP contribution in [0.5, 0.6) is 0 Å². The van der Waals surface area contributed by atoms with Gasteiger partial charge in [-0.3, -0.25) is 0 Å². The van der Waals surface area contributed by atoms with Gasteiger partial charge in [0.1, 0.15) is 0 Å². The van der Waals surface area contributed by atoms with E-state index in [0.717, 1.165) is 72.5 Å². The van der Waals surface area contributed by atoms with Crippen LogP contribution >= 0.6 is 0 Å². The Labute approximate surface area is 316 Å². The van der Waals surface area contributed by atoms with Crippen molar-refractivity contribution < 1.29 is 17.7 Å². The average Bonchev–Trinajstić information content (AvgIpc) is 3.16. The van der Waals surface area contributed by atoms with Crippen molar-refractivity contribution in [3.63, 3.8) is 0 Å². The molecule has 286 valence electrons. The summed E-state index contributed by atoms with van der Waals surface area (Å²) < 4.78 is 27.6. The number of hydrogen-bond donors (Lipinski definition) is 0. The average molecular weight is 759 g/mol. The van der Waals surface area contributed by atoms with Crippen molar-refractivity contribution in [2.75, 3.05) is 26.4 Å². The molecule has 0 atom stereocenters. The first kappa shape index (κ1) is 48.9. The molecule has 4 nitrogen and oxygen atoms in total. The van der Waals surface area contributed by atoms with Crippen molar-refractivity contribution in [2.45, 2.75) is 181 Å². The highest BCUT2D eigenvalue weighted by Gasteiger charge is 2.40. The maximum absolute atomic E-state index is 6.91. The van der Waals surface area contributed by atoms with Crippen LogP contribution in [0.15, 0.2) is 0 Å². The number of rotatable bonds is 28. The van der Waals surface area contributed by atoms with Crippen molar-refractivity contribution in [3.05, 3.63) is 0 Å². The minimum Gasteiger partial charge on any atom is -0.416 e. The zero-order chi connectivity index (χ0) is 38.2. The summed E-state index contributed by atoms with van der Waals surface area (Å²) in [5, 5.41) is 0. The van der Waals surface area contributed by atoms with Gasteiger partial charge in [0, 0.05) is 62.9 Å². The van der Waals surface area contributed by atoms with E-state index in [1.165, 1.54) is 0 Å². The van der Waals surface area contributed by atoms with Gasteiger partial charge in [-0.15, -0.1) is 24.7 Å². The summed E-state index contributed by atoms with van der Waals surface area (Å²) in [4.78, 5) is 0. The lowest BCUT2D eigenvalue weighted by Crippen LogP contribution is -2.45. The van der Waals surface area contributed by atoms with Crippen LogP contribution in [0.2, 0.25) is 72.5 Å². The summed E-state index contributed by atoms with van der Waals surface area (Å²) >= 11 is 0. The van der Waals surface area contributed by atoms with Gasteiger partial charge in [0.25, 0.3) is 0 Å². The molecular weight excluding hydrogens is 681 g/mol. The predicted molar refractivity (Wildman–Crippen MR) is 229 cm³/mol. The fourth-order valence-corrected chi connectivity index (χ4v) is 17.9. The van der Waals surface area contributed by atoms with E-state index >= 15 is 0 Å². The minimum atomic E-state index is -1.83. The smallest absolute Gasteiger partial charge is 0.192 e. The van der Waals surface area contributed by atoms with Crippen molar-refractivity contribution >= 4 is 33.3 Å². The minimum absolute atomic E-state index is 0.351. The van der Waals surface area contributed by atoms with E-state index in [4.69, 9.17) is 30.6 Å². The Bertz CT molecular complexity index is 962. The van der Waals surface area contributed by atoms with Crippen LogP contribution in [-0.4, -0.2) is 59.7 Å². The Balaban J connectivity index is 6.60. The monoisotopic (exact) mass is 758 g/mol. The molecule has 0 spiro atoms. The van der Waals surface area contributed by atoms with Gasteiger partial charge in [-0.1, -0.05) is 94.9 Å². The molecule has 0 amide bonds. The molecule has 0 aromatic carbocycles. The van der Waals surface area contributed by atoms with Crippen LogP contribution in [0.4, 0.5) is 0 Å². The zero-order valence-corrected chi connectivity index (χ0v) is 38.9. The molecule has 0 aliphatic carbocycles. The van der Waals surface area contributed by atoms with Gasteiger partial charge in [0.05, 0.1) is 0 Å². The Morgan fingerprint density at radius 1 is 0.360 bits per heavy atom. The molecule has 0 N–H and O–H groups in total. The van der Waals surface area contributed by atoms with Crippen LogP contribution in [0.25, 0.3) is 0 Å². The summed E-state index contributed by atoms with van der Waals surface area (Å²) in [6.07, 6.45) is 14.5. The van der Waals surface area contributed by atoms with Gasteiger partial charge in [-0.05, 0) is 84.4 Å². The fraction of sp³-hybridized carbons (Fsp3) is 0.810. The lowest BCUT2D eigenvalue weighted by molar-refractivity contribution is 0.0751. The number of hydrogen-bond acceptors (Lipinski definition) is 4. The molecule has 0 aromatic rings. The molecule has 0 aliphatic rings. The maximum atomic E-state index is 6.91. The third-order valence-corrected chi connectivity index (χ3v) is 31.1. The molecule has 0 heterocycles. The van der Waals surface area contributed by atoms with Gasteiger partial charge in [-0.25, -0.2) is 0 Å². The Kier molecular flexibility index (Phi) is 24.5. The van der Waals surface area contributed by atoms with E-state index in [2.05, 4.69) is 119 Å². The van der Waals surface area contributed by atoms with Gasteiger partial charge in [-0.2, -0.15) is 0 Å². The van der Waals surface area contributed by atoms with E-state index in [0.29, 0.717) is 52.1 Å². The summed E-state index contributed by atoms with van der Waals surface area (Å²) in [7, 11) is -7.31. The second kappa shape index (κ2) is 25.1. The lowest BCUT2D eigenvalue weighted by Gasteiger charge is -2.39. The molecule has 8 heteroatoms. The van der Waals surface area contributed by atoms with Crippen molar-refractivity contribution in [1.82, 2.24) is 0 Å². The SMILES string of the molecule is C#CCC(CC#CC#CCC(CC#C)(CO[Si](CC)(CC)CC)CO[Si](CC)(CC)CC)(CO[Si](CC)(CC)CC)CO[Si](CC)(CC)CC. The second-order valence-corrected chi connectivity index (χ2v) is 34.0. The molecule has 0 aliphatic heterocycles. The van der Waals surface area contributed by atoms with Crippen molar-refractivity contribution in [1.29, 1.82) is 0 Å². The fourth-order valence-electron chi connectivity index (χ4n) is 7.05. The van der Waals surface area contributed by atoms with Crippen LogP contribution in [0.3, 0.4) is 0 Å². The van der Waals surface area contributed by atoms with Crippen LogP contribution in [0.1, 0.15) is 109 Å². The highest BCUT2D eigenvalue weighted by molar-refractivity contribution is 6.74. The van der Waals surface area contributed by atoms with Gasteiger partial charge in [0.2, 0.25) is 0 Å². The first-order valence-electron chi connectivity index (χ1n) is 20.3. The Morgan fingerprint density at radius 2 is 0.560 bits per heavy atom. The first-order valence-corrected chi connectivity index (χ1v) is 30.4. The zero-order valence-electron chi connectivity index (χ0n) is 34.9. The molecule has 0 rings (SSSR count). The first-order chi connectivity index (χ1) is 23.9. The van der Waals surface area contributed by atoms with Crippen molar-refractivity contribution in [2.24, 2.45) is 10.8 Å². The van der Waals surface area contributed by atoms with Crippen molar-refractivity contribution in [3.8, 4) is 48.4 Å². The van der Waals surface area contributed by atoms with Gasteiger partial charge < -0.3 is 17.7 Å². The molecule has 0 radical (unpaired) electrons. The van der Waals surface area contributed by atoms with Gasteiger partial charge >= 0.3 is 0 Å². The third kappa shape index (κ3) is 14.8. The Morgan fingerprint density at radius 3 is 0.720 bits per heavy atom. The number of terminal acetylenes is 2. The highest BCUT2D eigenvalue weighted by Crippen LogP contribution is 2.36. The second-order valence-electron chi connectivity index (χ2n) is 14.8. The van der Waals surface area contributed by atoms with E-state index in [1.54, 1.807) is 0 Å². The van der Waals surface area contributed by atoms with Crippen LogP contribution in [0, 0.1) is 59.2 Å². The highest BCUT2D eigenvalue weighted by atomic mass is 28.4. The molecule has 0 aromatic heterocycles. The van der Waals surface area contributed by atoms with Gasteiger partial charge in [0.15, 0.2) is 33.3 Å². The summed E-state index contributed by atoms with van der Waals surface area (Å²) in [6, 6.07) is 13.2. The molecule has 50 heavy (non-hydrogen) atoms. The normalized spacial score (nSPS) is 12.8. The lowest BCUT2D eigenvalue weighted by atomic mass is 9.83. The largest absolute Gasteiger partial charge is 0.416 e. The topological polar surface area (TPSA) is 36.9 Å². The summed E-state index contributed by atoms with van der Waals surface area (Å²) in [5.41, 5.74) is -0.701. The maximum Gasteiger partial charge on any atom is 0.192 e. The van der Waals surface area contributed by atoms with E-state index in [9.17, 15) is 0 Å². The predicted octanol–water partition coefficient (Wildman–Crippen LogP) is 11.9. The van der Waals surface area contributed by atoms with Crippen LogP contribution < -0.4 is 0 Å². The molecular formula is C42H78O4Si4.